The van der Waals surface area contributed by atoms with E-state index >= 15 is 0 Å². The second kappa shape index (κ2) is 6.90. The molecule has 124 valence electrons. The Labute approximate surface area is 143 Å². The molecule has 0 spiro atoms. The van der Waals surface area contributed by atoms with Gasteiger partial charge in [0.05, 0.1) is 5.69 Å². The van der Waals surface area contributed by atoms with Crippen LogP contribution in [-0.4, -0.2) is 44.1 Å². The summed E-state index contributed by atoms with van der Waals surface area (Å²) >= 11 is 6.76. The fraction of sp³-hybridized carbons (Fsp3) is 0.571. The van der Waals surface area contributed by atoms with Gasteiger partial charge in [-0.3, -0.25) is 14.5 Å². The van der Waals surface area contributed by atoms with Gasteiger partial charge in [0.2, 0.25) is 5.91 Å². The number of nitrogens with zero attached hydrogens (tertiary/aromatic N) is 4. The zero-order chi connectivity index (χ0) is 16.4. The summed E-state index contributed by atoms with van der Waals surface area (Å²) in [5, 5.41) is 10.5. The van der Waals surface area contributed by atoms with E-state index in [0.717, 1.165) is 43.9 Å². The van der Waals surface area contributed by atoms with Gasteiger partial charge in [-0.05, 0) is 25.7 Å². The van der Waals surface area contributed by atoms with Gasteiger partial charge < -0.3 is 10.2 Å². The van der Waals surface area contributed by atoms with E-state index in [1.807, 2.05) is 0 Å². The summed E-state index contributed by atoms with van der Waals surface area (Å²) in [4.78, 5) is 20.3. The van der Waals surface area contributed by atoms with Gasteiger partial charge in [0.25, 0.3) is 0 Å². The van der Waals surface area contributed by atoms with Crippen molar-refractivity contribution in [3.05, 3.63) is 21.2 Å². The lowest BCUT2D eigenvalue weighted by Crippen LogP contribution is -2.25. The number of carbonyl (C=O) groups excluding carboxylic acids is 1. The molecule has 0 bridgehead atoms. The molecule has 0 aliphatic carbocycles. The maximum absolute atomic E-state index is 12.3. The van der Waals surface area contributed by atoms with Crippen LogP contribution in [0, 0.1) is 4.77 Å². The molecule has 0 saturated carbocycles. The minimum atomic E-state index is -0.126. The Kier molecular flexibility index (Phi) is 4.88. The highest BCUT2D eigenvalue weighted by Crippen LogP contribution is 2.27. The Balaban J connectivity index is 1.68. The summed E-state index contributed by atoms with van der Waals surface area (Å²) in [6.45, 7) is 4.14. The molecule has 7 nitrogen and oxygen atoms in total. The average molecular weight is 352 g/mol. The van der Waals surface area contributed by atoms with Crippen molar-refractivity contribution in [1.82, 2.24) is 24.6 Å². The predicted molar refractivity (Wildman–Crippen MR) is 92.2 cm³/mol. The van der Waals surface area contributed by atoms with Crippen molar-refractivity contribution in [3.63, 3.8) is 0 Å². The molecule has 2 N–H and O–H groups in total. The monoisotopic (exact) mass is 352 g/mol. The lowest BCUT2D eigenvalue weighted by Gasteiger charge is -2.20. The van der Waals surface area contributed by atoms with E-state index in [2.05, 4.69) is 39.4 Å². The molecule has 3 heterocycles. The third-order valence-electron chi connectivity index (χ3n) is 3.78. The molecule has 0 saturated heterocycles. The standard InChI is InChI=1S/C14H20N6OS2/c1-3-4-11-17-18-14(22)20(11)8-12(21)16-13-15-9-5-6-19(2)7-10(9)23-13/h3-8H2,1-2H3,(H,18,22)(H,15,16,21). The van der Waals surface area contributed by atoms with Gasteiger partial charge in [0.15, 0.2) is 9.90 Å². The normalized spacial score (nSPS) is 14.7. The molecule has 1 aliphatic rings. The van der Waals surface area contributed by atoms with Crippen LogP contribution in [0.3, 0.4) is 0 Å². The quantitative estimate of drug-likeness (QED) is 0.805. The second-order valence-corrected chi connectivity index (χ2v) is 7.18. The van der Waals surface area contributed by atoms with Crippen LogP contribution in [0.1, 0.15) is 29.7 Å². The molecular formula is C14H20N6OS2. The number of rotatable bonds is 5. The van der Waals surface area contributed by atoms with Crippen LogP contribution >= 0.6 is 23.6 Å². The fourth-order valence-electron chi connectivity index (χ4n) is 2.61. The SMILES string of the molecule is CCCc1n[nH]c(=S)n1CC(=O)Nc1nc2c(s1)CN(C)CC2. The van der Waals surface area contributed by atoms with E-state index in [-0.39, 0.29) is 12.5 Å². The van der Waals surface area contributed by atoms with Crippen molar-refractivity contribution in [2.75, 3.05) is 18.9 Å². The lowest BCUT2D eigenvalue weighted by atomic mass is 10.2. The van der Waals surface area contributed by atoms with E-state index in [4.69, 9.17) is 12.2 Å². The van der Waals surface area contributed by atoms with Gasteiger partial charge in [0.1, 0.15) is 12.4 Å². The number of likely N-dealkylation sites (N-methyl/N-ethyl adjacent to an activating group) is 1. The van der Waals surface area contributed by atoms with Crippen molar-refractivity contribution in [1.29, 1.82) is 0 Å². The van der Waals surface area contributed by atoms with E-state index in [1.54, 1.807) is 15.9 Å². The number of aromatic nitrogens is 4. The van der Waals surface area contributed by atoms with Gasteiger partial charge in [-0.1, -0.05) is 6.92 Å². The Morgan fingerprint density at radius 1 is 1.52 bits per heavy atom. The van der Waals surface area contributed by atoms with Crippen LogP contribution < -0.4 is 5.32 Å². The van der Waals surface area contributed by atoms with E-state index in [0.29, 0.717) is 9.90 Å². The number of anilines is 1. The predicted octanol–water partition coefficient (Wildman–Crippen LogP) is 1.98. The number of nitrogens with one attached hydrogen (secondary N) is 2. The number of H-pyrrole nitrogens is 1. The summed E-state index contributed by atoms with van der Waals surface area (Å²) in [5.74, 6) is 0.687. The molecule has 0 aromatic carbocycles. The number of carbonyl (C=O) groups is 1. The highest BCUT2D eigenvalue weighted by Gasteiger charge is 2.19. The van der Waals surface area contributed by atoms with Gasteiger partial charge >= 0.3 is 0 Å². The van der Waals surface area contributed by atoms with Gasteiger partial charge in [-0.15, -0.1) is 11.3 Å². The fourth-order valence-corrected chi connectivity index (χ4v) is 3.93. The Bertz CT molecular complexity index is 762. The highest BCUT2D eigenvalue weighted by molar-refractivity contribution is 7.71. The molecule has 1 aliphatic heterocycles. The molecule has 1 amide bonds. The Hall–Kier alpha value is -1.58. The maximum atomic E-state index is 12.3. The van der Waals surface area contributed by atoms with Crippen molar-refractivity contribution in [3.8, 4) is 0 Å². The van der Waals surface area contributed by atoms with Crippen LogP contribution in [0.5, 0.6) is 0 Å². The summed E-state index contributed by atoms with van der Waals surface area (Å²) in [7, 11) is 2.09. The summed E-state index contributed by atoms with van der Waals surface area (Å²) < 4.78 is 2.22. The topological polar surface area (TPSA) is 78.8 Å². The van der Waals surface area contributed by atoms with Gasteiger partial charge in [0, 0.05) is 30.8 Å². The van der Waals surface area contributed by atoms with Crippen molar-refractivity contribution in [2.45, 2.75) is 39.3 Å². The molecular weight excluding hydrogens is 332 g/mol. The first-order valence-electron chi connectivity index (χ1n) is 7.68. The van der Waals surface area contributed by atoms with Crippen LogP contribution in [0.15, 0.2) is 0 Å². The van der Waals surface area contributed by atoms with Crippen molar-refractivity contribution in [2.24, 2.45) is 0 Å². The summed E-state index contributed by atoms with van der Waals surface area (Å²) in [6.07, 6.45) is 2.68. The number of fused-ring (bicyclic) bond motifs is 1. The number of aromatic amines is 1. The molecule has 0 atom stereocenters. The maximum Gasteiger partial charge on any atom is 0.246 e. The average Bonchev–Trinajstić information content (AvgIpc) is 3.04. The largest absolute Gasteiger partial charge is 0.301 e. The third-order valence-corrected chi connectivity index (χ3v) is 5.09. The van der Waals surface area contributed by atoms with E-state index < -0.39 is 0 Å². The molecule has 0 unspecified atom stereocenters. The lowest BCUT2D eigenvalue weighted by molar-refractivity contribution is -0.116. The zero-order valence-corrected chi connectivity index (χ0v) is 14.9. The number of hydrogen-bond donors (Lipinski definition) is 2. The summed E-state index contributed by atoms with van der Waals surface area (Å²) in [5.41, 5.74) is 1.11. The molecule has 3 rings (SSSR count). The van der Waals surface area contributed by atoms with Crippen LogP contribution in [0.25, 0.3) is 0 Å². The number of aryl methyl sites for hydroxylation is 1. The first-order chi connectivity index (χ1) is 11.1. The van der Waals surface area contributed by atoms with Crippen LogP contribution in [0.4, 0.5) is 5.13 Å². The third kappa shape index (κ3) is 3.67. The van der Waals surface area contributed by atoms with Crippen molar-refractivity contribution >= 4 is 34.6 Å². The second-order valence-electron chi connectivity index (χ2n) is 5.71. The Morgan fingerprint density at radius 3 is 3.13 bits per heavy atom. The number of hydrogen-bond acceptors (Lipinski definition) is 6. The Morgan fingerprint density at radius 2 is 2.35 bits per heavy atom. The molecule has 0 radical (unpaired) electrons. The molecule has 0 fully saturated rings. The number of amides is 1. The zero-order valence-electron chi connectivity index (χ0n) is 13.3. The summed E-state index contributed by atoms with van der Waals surface area (Å²) in [6, 6.07) is 0. The molecule has 2 aromatic heterocycles. The molecule has 23 heavy (non-hydrogen) atoms. The van der Waals surface area contributed by atoms with Crippen molar-refractivity contribution < 1.29 is 4.79 Å². The molecule has 2 aromatic rings. The van der Waals surface area contributed by atoms with Crippen LogP contribution in [-0.2, 0) is 30.7 Å². The van der Waals surface area contributed by atoms with E-state index in [9.17, 15) is 4.79 Å². The van der Waals surface area contributed by atoms with Crippen LogP contribution in [0.2, 0.25) is 0 Å². The molecule has 9 heteroatoms. The van der Waals surface area contributed by atoms with Gasteiger partial charge in [-0.25, -0.2) is 4.98 Å². The van der Waals surface area contributed by atoms with E-state index in [1.165, 1.54) is 4.88 Å². The van der Waals surface area contributed by atoms with Gasteiger partial charge in [-0.2, -0.15) is 5.10 Å². The first kappa shape index (κ1) is 16.3. The number of thiazole rings is 1. The smallest absolute Gasteiger partial charge is 0.246 e. The highest BCUT2D eigenvalue weighted by atomic mass is 32.1. The first-order valence-corrected chi connectivity index (χ1v) is 8.90. The minimum absolute atomic E-state index is 0.126. The minimum Gasteiger partial charge on any atom is -0.301 e.